The molecule has 10 heteroatoms. The summed E-state index contributed by atoms with van der Waals surface area (Å²) in [6, 6.07) is 5.74. The standard InChI is InChI=1S/C16H9Cl2F2NO3S2/c1-26(23,24)15-6-12(19)9(5-13(15)20)14-7-25-16(22)21(14)8-2-3-10(17)11(18)4-8/h2-7H,1H3. The number of sulfone groups is 1. The van der Waals surface area contributed by atoms with E-state index >= 15 is 0 Å². The fraction of sp³-hybridized carbons (Fsp3) is 0.0625. The van der Waals surface area contributed by atoms with E-state index in [1.54, 1.807) is 0 Å². The Balaban J connectivity index is 2.26. The number of thiazole rings is 1. The van der Waals surface area contributed by atoms with Gasteiger partial charge in [0.2, 0.25) is 0 Å². The maximum absolute atomic E-state index is 14.5. The molecule has 0 saturated carbocycles. The molecule has 136 valence electrons. The Bertz CT molecular complexity index is 1190. The topological polar surface area (TPSA) is 56.1 Å². The smallest absolute Gasteiger partial charge is 0.267 e. The van der Waals surface area contributed by atoms with Crippen LogP contribution in [0.25, 0.3) is 16.9 Å². The summed E-state index contributed by atoms with van der Waals surface area (Å²) in [4.78, 5) is 11.0. The van der Waals surface area contributed by atoms with Crippen LogP contribution in [0.5, 0.6) is 0 Å². The van der Waals surface area contributed by atoms with Gasteiger partial charge in [0, 0.05) is 17.2 Å². The quantitative estimate of drug-likeness (QED) is 0.605. The SMILES string of the molecule is CS(=O)(=O)c1cc(F)c(-c2csc(=O)n2-c2ccc(Cl)c(Cl)c2)cc1F. The molecule has 0 bridgehead atoms. The summed E-state index contributed by atoms with van der Waals surface area (Å²) in [7, 11) is -3.94. The number of aromatic nitrogens is 1. The zero-order chi connectivity index (χ0) is 19.2. The van der Waals surface area contributed by atoms with Crippen LogP contribution in [0.15, 0.2) is 45.4 Å². The summed E-state index contributed by atoms with van der Waals surface area (Å²) in [5, 5.41) is 1.81. The van der Waals surface area contributed by atoms with Crippen LogP contribution < -0.4 is 4.87 Å². The van der Waals surface area contributed by atoms with Gasteiger partial charge in [-0.3, -0.25) is 9.36 Å². The molecule has 1 aromatic heterocycles. The molecule has 3 aromatic rings. The van der Waals surface area contributed by atoms with Crippen molar-refractivity contribution in [3.63, 3.8) is 0 Å². The minimum absolute atomic E-state index is 0.0647. The molecule has 0 aliphatic rings. The van der Waals surface area contributed by atoms with E-state index in [1.165, 1.54) is 23.6 Å². The van der Waals surface area contributed by atoms with E-state index in [-0.39, 0.29) is 21.3 Å². The van der Waals surface area contributed by atoms with Crippen molar-refractivity contribution in [1.82, 2.24) is 4.57 Å². The van der Waals surface area contributed by atoms with Crippen molar-refractivity contribution < 1.29 is 17.2 Å². The molecule has 0 saturated heterocycles. The van der Waals surface area contributed by atoms with Gasteiger partial charge in [0.1, 0.15) is 16.5 Å². The molecule has 0 unspecified atom stereocenters. The highest BCUT2D eigenvalue weighted by Crippen LogP contribution is 2.31. The Morgan fingerprint density at radius 3 is 2.35 bits per heavy atom. The van der Waals surface area contributed by atoms with Crippen molar-refractivity contribution >= 4 is 44.4 Å². The van der Waals surface area contributed by atoms with Gasteiger partial charge >= 0.3 is 4.87 Å². The van der Waals surface area contributed by atoms with Crippen LogP contribution >= 0.6 is 34.5 Å². The van der Waals surface area contributed by atoms with E-state index in [4.69, 9.17) is 23.2 Å². The second-order valence-electron chi connectivity index (χ2n) is 5.36. The normalized spacial score (nSPS) is 11.7. The molecule has 0 atom stereocenters. The Morgan fingerprint density at radius 2 is 1.73 bits per heavy atom. The molecule has 0 fully saturated rings. The molecular formula is C16H9Cl2F2NO3S2. The molecule has 0 spiro atoms. The average molecular weight is 436 g/mol. The highest BCUT2D eigenvalue weighted by Gasteiger charge is 2.21. The number of benzene rings is 2. The van der Waals surface area contributed by atoms with E-state index < -0.39 is 31.2 Å². The number of nitrogens with zero attached hydrogens (tertiary/aromatic N) is 1. The summed E-state index contributed by atoms with van der Waals surface area (Å²) in [5.74, 6) is -2.08. The van der Waals surface area contributed by atoms with Gasteiger partial charge in [-0.2, -0.15) is 0 Å². The molecule has 3 rings (SSSR count). The van der Waals surface area contributed by atoms with E-state index in [9.17, 15) is 22.0 Å². The highest BCUT2D eigenvalue weighted by molar-refractivity contribution is 7.90. The van der Waals surface area contributed by atoms with Crippen LogP contribution in [0.2, 0.25) is 10.0 Å². The third-order valence-electron chi connectivity index (χ3n) is 3.55. The van der Waals surface area contributed by atoms with Gasteiger partial charge in [0.15, 0.2) is 9.84 Å². The van der Waals surface area contributed by atoms with Gasteiger partial charge in [-0.25, -0.2) is 17.2 Å². The molecule has 0 aliphatic heterocycles. The third-order valence-corrected chi connectivity index (χ3v) is 6.13. The molecule has 0 amide bonds. The molecule has 0 aliphatic carbocycles. The van der Waals surface area contributed by atoms with E-state index in [2.05, 4.69) is 0 Å². The first kappa shape index (κ1) is 19.0. The van der Waals surface area contributed by atoms with E-state index in [0.29, 0.717) is 11.8 Å². The number of hydrogen-bond acceptors (Lipinski definition) is 4. The van der Waals surface area contributed by atoms with Gasteiger partial charge in [-0.15, -0.1) is 0 Å². The van der Waals surface area contributed by atoms with Crippen molar-refractivity contribution in [1.29, 1.82) is 0 Å². The number of halogens is 4. The molecule has 2 aromatic carbocycles. The van der Waals surface area contributed by atoms with Gasteiger partial charge in [-0.05, 0) is 30.3 Å². The summed E-state index contributed by atoms with van der Waals surface area (Å²) in [6.45, 7) is 0. The Kier molecular flexibility index (Phi) is 4.96. The lowest BCUT2D eigenvalue weighted by molar-refractivity contribution is 0.557. The van der Waals surface area contributed by atoms with E-state index in [0.717, 1.165) is 28.2 Å². The summed E-state index contributed by atoms with van der Waals surface area (Å²) in [6.07, 6.45) is 0.779. The zero-order valence-corrected chi connectivity index (χ0v) is 16.1. The fourth-order valence-corrected chi connectivity index (χ4v) is 4.15. The van der Waals surface area contributed by atoms with Crippen LogP contribution in [-0.4, -0.2) is 19.2 Å². The van der Waals surface area contributed by atoms with Crippen molar-refractivity contribution in [3.8, 4) is 16.9 Å². The second kappa shape index (κ2) is 6.77. The first-order valence-electron chi connectivity index (χ1n) is 6.95. The lowest BCUT2D eigenvalue weighted by atomic mass is 10.1. The predicted octanol–water partition coefficient (Wildman–Crippen LogP) is 4.55. The van der Waals surface area contributed by atoms with Crippen LogP contribution in [-0.2, 0) is 9.84 Å². The predicted molar refractivity (Wildman–Crippen MR) is 98.4 cm³/mol. The van der Waals surface area contributed by atoms with Crippen molar-refractivity contribution in [2.45, 2.75) is 4.90 Å². The van der Waals surface area contributed by atoms with Gasteiger partial charge in [-0.1, -0.05) is 34.5 Å². The molecule has 26 heavy (non-hydrogen) atoms. The minimum Gasteiger partial charge on any atom is -0.267 e. The summed E-state index contributed by atoms with van der Waals surface area (Å²) >= 11 is 12.6. The van der Waals surface area contributed by atoms with Crippen LogP contribution in [0.4, 0.5) is 8.78 Å². The molecular weight excluding hydrogens is 427 g/mol. The Hall–Kier alpha value is -1.74. The monoisotopic (exact) mass is 435 g/mol. The maximum atomic E-state index is 14.5. The summed E-state index contributed by atoms with van der Waals surface area (Å²) in [5.41, 5.74) is 0.127. The second-order valence-corrected chi connectivity index (χ2v) is 8.97. The molecule has 0 radical (unpaired) electrons. The lowest BCUT2D eigenvalue weighted by Gasteiger charge is -2.11. The fourth-order valence-electron chi connectivity index (χ4n) is 2.37. The lowest BCUT2D eigenvalue weighted by Crippen LogP contribution is -2.12. The summed E-state index contributed by atoms with van der Waals surface area (Å²) < 4.78 is 52.9. The minimum atomic E-state index is -3.94. The molecule has 0 N–H and O–H groups in total. The van der Waals surface area contributed by atoms with Crippen molar-refractivity contribution in [2.24, 2.45) is 0 Å². The zero-order valence-electron chi connectivity index (χ0n) is 13.0. The third kappa shape index (κ3) is 3.42. The Morgan fingerprint density at radius 1 is 1.04 bits per heavy atom. The first-order valence-corrected chi connectivity index (χ1v) is 10.5. The molecule has 4 nitrogen and oxygen atoms in total. The highest BCUT2D eigenvalue weighted by atomic mass is 35.5. The van der Waals surface area contributed by atoms with Crippen LogP contribution in [0.1, 0.15) is 0 Å². The first-order chi connectivity index (χ1) is 12.1. The van der Waals surface area contributed by atoms with Gasteiger partial charge in [0.05, 0.1) is 21.4 Å². The van der Waals surface area contributed by atoms with Gasteiger partial charge in [0.25, 0.3) is 0 Å². The maximum Gasteiger partial charge on any atom is 0.312 e. The largest absolute Gasteiger partial charge is 0.312 e. The van der Waals surface area contributed by atoms with Crippen molar-refractivity contribution in [3.05, 3.63) is 67.1 Å². The number of rotatable bonds is 3. The van der Waals surface area contributed by atoms with Crippen LogP contribution in [0, 0.1) is 11.6 Å². The van der Waals surface area contributed by atoms with Crippen molar-refractivity contribution in [2.75, 3.05) is 6.26 Å². The number of hydrogen-bond donors (Lipinski definition) is 0. The molecule has 1 heterocycles. The average Bonchev–Trinajstić information content (AvgIpc) is 2.92. The van der Waals surface area contributed by atoms with Gasteiger partial charge < -0.3 is 0 Å². The van der Waals surface area contributed by atoms with Crippen LogP contribution in [0.3, 0.4) is 0 Å². The Labute approximate surface area is 161 Å². The van der Waals surface area contributed by atoms with E-state index in [1.807, 2.05) is 0 Å².